The second-order valence-electron chi connectivity index (χ2n) is 3.92. The first-order valence-corrected chi connectivity index (χ1v) is 6.99. The number of aromatic nitrogens is 1. The predicted octanol–water partition coefficient (Wildman–Crippen LogP) is 4.26. The van der Waals surface area contributed by atoms with E-state index in [4.69, 9.17) is 16.0 Å². The monoisotopic (exact) mass is 328 g/mol. The maximum atomic E-state index is 6.20. The van der Waals surface area contributed by atoms with E-state index in [9.17, 15) is 0 Å². The van der Waals surface area contributed by atoms with Crippen molar-refractivity contribution in [3.8, 4) is 11.5 Å². The van der Waals surface area contributed by atoms with Gasteiger partial charge in [-0.15, -0.1) is 0 Å². The lowest BCUT2D eigenvalue weighted by molar-refractivity contribution is 0.570. The molecule has 0 aliphatic rings. The number of hydrogen-bond acceptors (Lipinski definition) is 3. The molecule has 1 N–H and O–H groups in total. The Bertz CT molecular complexity index is 527. The molecule has 0 aliphatic heterocycles. The molecule has 0 aliphatic carbocycles. The zero-order chi connectivity index (χ0) is 13.0. The minimum Gasteiger partial charge on any atom is -0.444 e. The fourth-order valence-corrected chi connectivity index (χ4v) is 2.15. The largest absolute Gasteiger partial charge is 0.444 e. The molecule has 0 saturated carbocycles. The van der Waals surface area contributed by atoms with Crippen LogP contribution >= 0.6 is 27.5 Å². The van der Waals surface area contributed by atoms with Gasteiger partial charge in [-0.05, 0) is 41.0 Å². The van der Waals surface area contributed by atoms with E-state index in [0.29, 0.717) is 17.5 Å². The van der Waals surface area contributed by atoms with Crippen molar-refractivity contribution in [3.63, 3.8) is 0 Å². The van der Waals surface area contributed by atoms with E-state index in [1.54, 1.807) is 6.26 Å². The van der Waals surface area contributed by atoms with Crippen molar-refractivity contribution in [2.75, 3.05) is 6.54 Å². The number of hydrogen-bond donors (Lipinski definition) is 1. The summed E-state index contributed by atoms with van der Waals surface area (Å²) in [5.74, 6) is 0.551. The number of rotatable bonds is 5. The summed E-state index contributed by atoms with van der Waals surface area (Å²) in [6.07, 6.45) is 2.76. The van der Waals surface area contributed by atoms with Crippen LogP contribution in [0.25, 0.3) is 11.5 Å². The van der Waals surface area contributed by atoms with Gasteiger partial charge in [0.15, 0.2) is 0 Å². The molecule has 0 fully saturated rings. The van der Waals surface area contributed by atoms with Crippen LogP contribution in [0, 0.1) is 0 Å². The number of nitrogens with zero attached hydrogens (tertiary/aromatic N) is 1. The van der Waals surface area contributed by atoms with E-state index in [0.717, 1.165) is 28.7 Å². The van der Waals surface area contributed by atoms with Gasteiger partial charge in [-0.1, -0.05) is 24.6 Å². The highest BCUT2D eigenvalue weighted by Crippen LogP contribution is 2.32. The van der Waals surface area contributed by atoms with Crippen LogP contribution < -0.4 is 5.32 Å². The Morgan fingerprint density at radius 2 is 2.28 bits per heavy atom. The molecule has 5 heteroatoms. The minimum absolute atomic E-state index is 0.551. The van der Waals surface area contributed by atoms with Gasteiger partial charge < -0.3 is 9.73 Å². The molecule has 96 valence electrons. The van der Waals surface area contributed by atoms with Crippen LogP contribution in [0.5, 0.6) is 0 Å². The Kier molecular flexibility index (Phi) is 4.80. The summed E-state index contributed by atoms with van der Waals surface area (Å²) in [4.78, 5) is 4.42. The van der Waals surface area contributed by atoms with E-state index in [-0.39, 0.29) is 0 Å². The summed E-state index contributed by atoms with van der Waals surface area (Å²) < 4.78 is 6.30. The van der Waals surface area contributed by atoms with Gasteiger partial charge in [0.2, 0.25) is 5.89 Å². The van der Waals surface area contributed by atoms with Crippen molar-refractivity contribution in [2.45, 2.75) is 19.9 Å². The van der Waals surface area contributed by atoms with Gasteiger partial charge in [0, 0.05) is 11.0 Å². The van der Waals surface area contributed by atoms with Crippen LogP contribution in [-0.2, 0) is 6.54 Å². The molecular weight excluding hydrogens is 316 g/mol. The molecule has 0 radical (unpaired) electrons. The van der Waals surface area contributed by atoms with Crippen molar-refractivity contribution < 1.29 is 4.42 Å². The second-order valence-corrected chi connectivity index (χ2v) is 5.15. The van der Waals surface area contributed by atoms with Crippen LogP contribution in [0.2, 0.25) is 5.02 Å². The van der Waals surface area contributed by atoms with Gasteiger partial charge in [0.25, 0.3) is 0 Å². The van der Waals surface area contributed by atoms with E-state index in [1.807, 2.05) is 18.2 Å². The summed E-state index contributed by atoms with van der Waals surface area (Å²) >= 11 is 9.59. The Balaban J connectivity index is 2.16. The van der Waals surface area contributed by atoms with Crippen LogP contribution in [0.3, 0.4) is 0 Å². The summed E-state index contributed by atoms with van der Waals surface area (Å²) in [6, 6.07) is 5.69. The molecule has 0 amide bonds. The maximum Gasteiger partial charge on any atom is 0.227 e. The molecule has 1 heterocycles. The maximum absolute atomic E-state index is 6.20. The van der Waals surface area contributed by atoms with Gasteiger partial charge in [0.05, 0.1) is 16.3 Å². The third-order valence-corrected chi connectivity index (χ3v) is 3.76. The molecular formula is C13H14BrClN2O. The van der Waals surface area contributed by atoms with Gasteiger partial charge in [-0.2, -0.15) is 0 Å². The van der Waals surface area contributed by atoms with Crippen molar-refractivity contribution in [1.29, 1.82) is 0 Å². The highest BCUT2D eigenvalue weighted by atomic mass is 79.9. The molecule has 2 rings (SSSR count). The Labute approximate surface area is 120 Å². The lowest BCUT2D eigenvalue weighted by atomic mass is 10.2. The van der Waals surface area contributed by atoms with E-state index < -0.39 is 0 Å². The van der Waals surface area contributed by atoms with Crippen molar-refractivity contribution in [1.82, 2.24) is 10.3 Å². The topological polar surface area (TPSA) is 38.1 Å². The lowest BCUT2D eigenvalue weighted by Gasteiger charge is -2.01. The Morgan fingerprint density at radius 1 is 1.44 bits per heavy atom. The number of halogens is 2. The Hall–Kier alpha value is -0.840. The van der Waals surface area contributed by atoms with E-state index >= 15 is 0 Å². The average molecular weight is 330 g/mol. The highest BCUT2D eigenvalue weighted by molar-refractivity contribution is 9.10. The van der Waals surface area contributed by atoms with Gasteiger partial charge in [0.1, 0.15) is 6.26 Å². The fourth-order valence-electron chi connectivity index (χ4n) is 1.57. The molecule has 0 spiro atoms. The Morgan fingerprint density at radius 3 is 3.06 bits per heavy atom. The van der Waals surface area contributed by atoms with Crippen LogP contribution in [-0.4, -0.2) is 11.5 Å². The fraction of sp³-hybridized carbons (Fsp3) is 0.308. The molecule has 1 aromatic heterocycles. The summed E-state index contributed by atoms with van der Waals surface area (Å²) in [5.41, 5.74) is 1.68. The van der Waals surface area contributed by atoms with Gasteiger partial charge in [-0.25, -0.2) is 4.98 Å². The standard InChI is InChI=1S/C13H14BrClN2O/c1-2-6-16-7-9-8-18-13(17-9)10-4-3-5-11(14)12(10)15/h3-5,8,16H,2,6-7H2,1H3. The molecule has 0 unspecified atom stereocenters. The summed E-state index contributed by atoms with van der Waals surface area (Å²) in [7, 11) is 0. The minimum atomic E-state index is 0.551. The normalized spacial score (nSPS) is 10.8. The first-order chi connectivity index (χ1) is 8.72. The number of oxazole rings is 1. The quantitative estimate of drug-likeness (QED) is 0.833. The van der Waals surface area contributed by atoms with E-state index in [2.05, 4.69) is 33.2 Å². The highest BCUT2D eigenvalue weighted by Gasteiger charge is 2.12. The second kappa shape index (κ2) is 6.36. The van der Waals surface area contributed by atoms with Crippen molar-refractivity contribution >= 4 is 27.5 Å². The van der Waals surface area contributed by atoms with E-state index in [1.165, 1.54) is 0 Å². The third-order valence-electron chi connectivity index (χ3n) is 2.47. The van der Waals surface area contributed by atoms with Crippen molar-refractivity contribution in [2.24, 2.45) is 0 Å². The average Bonchev–Trinajstić information content (AvgIpc) is 2.82. The SMILES string of the molecule is CCCNCc1coc(-c2cccc(Br)c2Cl)n1. The molecule has 1 aromatic carbocycles. The van der Waals surface area contributed by atoms with Crippen LogP contribution in [0.15, 0.2) is 33.4 Å². The third kappa shape index (κ3) is 3.13. The molecule has 18 heavy (non-hydrogen) atoms. The predicted molar refractivity (Wildman–Crippen MR) is 76.6 cm³/mol. The van der Waals surface area contributed by atoms with Gasteiger partial charge >= 0.3 is 0 Å². The summed E-state index contributed by atoms with van der Waals surface area (Å²) in [6.45, 7) is 3.81. The smallest absolute Gasteiger partial charge is 0.227 e. The first-order valence-electron chi connectivity index (χ1n) is 5.82. The number of nitrogens with one attached hydrogen (secondary N) is 1. The zero-order valence-corrected chi connectivity index (χ0v) is 12.4. The molecule has 0 atom stereocenters. The zero-order valence-electron chi connectivity index (χ0n) is 10.0. The van der Waals surface area contributed by atoms with Crippen LogP contribution in [0.4, 0.5) is 0 Å². The lowest BCUT2D eigenvalue weighted by Crippen LogP contribution is -2.13. The molecule has 3 nitrogen and oxygen atoms in total. The molecule has 0 saturated heterocycles. The first kappa shape index (κ1) is 13.6. The van der Waals surface area contributed by atoms with Crippen LogP contribution in [0.1, 0.15) is 19.0 Å². The van der Waals surface area contributed by atoms with Crippen molar-refractivity contribution in [3.05, 3.63) is 39.7 Å². The molecule has 2 aromatic rings. The van der Waals surface area contributed by atoms with Gasteiger partial charge in [-0.3, -0.25) is 0 Å². The molecule has 0 bridgehead atoms. The summed E-state index contributed by atoms with van der Waals surface area (Å²) in [5, 5.41) is 3.90. The number of benzene rings is 1.